The van der Waals surface area contributed by atoms with Crippen LogP contribution in [0.25, 0.3) is 0 Å². The highest BCUT2D eigenvalue weighted by atomic mass is 32.2. The molecule has 5 heteroatoms. The Balaban J connectivity index is 1.84. The molecule has 4 nitrogen and oxygen atoms in total. The number of ether oxygens (including phenoxy) is 1. The summed E-state index contributed by atoms with van der Waals surface area (Å²) >= 11 is 0. The molecule has 1 aliphatic heterocycles. The van der Waals surface area contributed by atoms with Crippen LogP contribution in [-0.2, 0) is 20.2 Å². The minimum absolute atomic E-state index is 0.216. The van der Waals surface area contributed by atoms with E-state index in [2.05, 4.69) is 16.9 Å². The molecule has 0 amide bonds. The molecule has 0 unspecified atom stereocenters. The molecule has 0 aromatic heterocycles. The molecule has 0 radical (unpaired) electrons. The molecule has 2 aromatic carbocycles. The number of hydrogen-bond donors (Lipinski definition) is 1. The lowest BCUT2D eigenvalue weighted by molar-refractivity contribution is 0.0517. The monoisotopic (exact) mass is 359 g/mol. The van der Waals surface area contributed by atoms with E-state index in [-0.39, 0.29) is 5.41 Å². The van der Waals surface area contributed by atoms with Gasteiger partial charge in [-0.25, -0.2) is 13.1 Å². The topological polar surface area (TPSA) is 55.4 Å². The third-order valence-corrected chi connectivity index (χ3v) is 6.62. The van der Waals surface area contributed by atoms with Crippen LogP contribution >= 0.6 is 0 Å². The van der Waals surface area contributed by atoms with Crippen LogP contribution in [0.15, 0.2) is 53.4 Å². The van der Waals surface area contributed by atoms with E-state index in [1.807, 2.05) is 38.1 Å². The second-order valence-electron chi connectivity index (χ2n) is 6.83. The second kappa shape index (κ2) is 7.28. The van der Waals surface area contributed by atoms with Crippen molar-refractivity contribution in [3.63, 3.8) is 0 Å². The molecule has 0 saturated carbocycles. The first-order valence-corrected chi connectivity index (χ1v) is 10.1. The van der Waals surface area contributed by atoms with Crippen molar-refractivity contribution >= 4 is 10.0 Å². The molecular weight excluding hydrogens is 334 g/mol. The predicted octanol–water partition coefficient (Wildman–Crippen LogP) is 3.33. The average molecular weight is 359 g/mol. The largest absolute Gasteiger partial charge is 0.381 e. The van der Waals surface area contributed by atoms with Crippen LogP contribution < -0.4 is 4.72 Å². The maximum atomic E-state index is 12.8. The zero-order chi connectivity index (χ0) is 17.9. The fourth-order valence-corrected chi connectivity index (χ4v) is 4.53. The molecule has 1 N–H and O–H groups in total. The molecule has 2 aromatic rings. The summed E-state index contributed by atoms with van der Waals surface area (Å²) in [6.45, 7) is 5.60. The van der Waals surface area contributed by atoms with Gasteiger partial charge in [0.25, 0.3) is 0 Å². The number of rotatable bonds is 5. The Kier molecular flexibility index (Phi) is 5.27. The number of benzene rings is 2. The lowest BCUT2D eigenvalue weighted by Gasteiger charge is -2.37. The summed E-state index contributed by atoms with van der Waals surface area (Å²) < 4.78 is 33.9. The van der Waals surface area contributed by atoms with E-state index in [1.54, 1.807) is 12.1 Å². The van der Waals surface area contributed by atoms with Gasteiger partial charge in [-0.1, -0.05) is 36.4 Å². The van der Waals surface area contributed by atoms with Crippen molar-refractivity contribution in [2.24, 2.45) is 0 Å². The van der Waals surface area contributed by atoms with Gasteiger partial charge in [0.1, 0.15) is 0 Å². The molecule has 0 aliphatic carbocycles. The van der Waals surface area contributed by atoms with Gasteiger partial charge in [0, 0.05) is 25.2 Å². The first-order chi connectivity index (χ1) is 11.9. The minimum atomic E-state index is -3.54. The van der Waals surface area contributed by atoms with Gasteiger partial charge in [-0.15, -0.1) is 0 Å². The van der Waals surface area contributed by atoms with E-state index in [4.69, 9.17) is 4.74 Å². The number of hydrogen-bond acceptors (Lipinski definition) is 3. The summed E-state index contributed by atoms with van der Waals surface area (Å²) in [4.78, 5) is 0.325. The number of aryl methyl sites for hydroxylation is 2. The lowest BCUT2D eigenvalue weighted by atomic mass is 9.74. The fourth-order valence-electron chi connectivity index (χ4n) is 3.32. The second-order valence-corrected chi connectivity index (χ2v) is 8.60. The van der Waals surface area contributed by atoms with Crippen molar-refractivity contribution < 1.29 is 13.2 Å². The maximum absolute atomic E-state index is 12.8. The van der Waals surface area contributed by atoms with E-state index < -0.39 is 10.0 Å². The van der Waals surface area contributed by atoms with Crippen molar-refractivity contribution in [3.05, 3.63) is 65.2 Å². The van der Waals surface area contributed by atoms with Gasteiger partial charge >= 0.3 is 0 Å². The highest BCUT2D eigenvalue weighted by Gasteiger charge is 2.35. The molecule has 0 bridgehead atoms. The van der Waals surface area contributed by atoms with Crippen LogP contribution in [0.4, 0.5) is 0 Å². The molecular formula is C20H25NO3S. The molecule has 1 heterocycles. The van der Waals surface area contributed by atoms with Crippen LogP contribution in [-0.4, -0.2) is 28.2 Å². The van der Waals surface area contributed by atoms with Crippen LogP contribution in [0.1, 0.15) is 29.5 Å². The van der Waals surface area contributed by atoms with Crippen LogP contribution in [0, 0.1) is 13.8 Å². The average Bonchev–Trinajstić information content (AvgIpc) is 2.64. The Labute approximate surface area is 150 Å². The van der Waals surface area contributed by atoms with Crippen molar-refractivity contribution in [1.29, 1.82) is 0 Å². The smallest absolute Gasteiger partial charge is 0.240 e. The zero-order valence-electron chi connectivity index (χ0n) is 14.8. The molecule has 0 atom stereocenters. The molecule has 1 aliphatic rings. The normalized spacial score (nSPS) is 17.4. The first-order valence-electron chi connectivity index (χ1n) is 8.63. The molecule has 3 rings (SSSR count). The van der Waals surface area contributed by atoms with Gasteiger partial charge in [0.05, 0.1) is 4.90 Å². The summed E-state index contributed by atoms with van der Waals surface area (Å²) in [5, 5.41) is 0. The minimum Gasteiger partial charge on any atom is -0.381 e. The predicted molar refractivity (Wildman–Crippen MR) is 99.3 cm³/mol. The molecule has 0 spiro atoms. The Bertz CT molecular complexity index is 825. The fraction of sp³-hybridized carbons (Fsp3) is 0.400. The van der Waals surface area contributed by atoms with E-state index in [0.717, 1.165) is 24.0 Å². The standard InChI is InChI=1S/C20H25NO3S/c1-16-8-9-19(14-17(16)2)25(22,23)21-15-20(10-12-24-13-11-20)18-6-4-3-5-7-18/h3-9,14,21H,10-13,15H2,1-2H3. The van der Waals surface area contributed by atoms with Crippen molar-refractivity contribution in [3.8, 4) is 0 Å². The van der Waals surface area contributed by atoms with Crippen LogP contribution in [0.3, 0.4) is 0 Å². The van der Waals surface area contributed by atoms with Crippen molar-refractivity contribution in [2.45, 2.75) is 37.0 Å². The van der Waals surface area contributed by atoms with E-state index in [1.165, 1.54) is 5.56 Å². The third-order valence-electron chi connectivity index (χ3n) is 5.23. The SMILES string of the molecule is Cc1ccc(S(=O)(=O)NCC2(c3ccccc3)CCOCC2)cc1C. The molecule has 1 fully saturated rings. The van der Waals surface area contributed by atoms with Gasteiger partial charge in [0.15, 0.2) is 0 Å². The van der Waals surface area contributed by atoms with E-state index >= 15 is 0 Å². The zero-order valence-corrected chi connectivity index (χ0v) is 15.6. The molecule has 134 valence electrons. The Morgan fingerprint density at radius 2 is 1.68 bits per heavy atom. The Morgan fingerprint density at radius 1 is 1.00 bits per heavy atom. The quantitative estimate of drug-likeness (QED) is 0.891. The summed E-state index contributed by atoms with van der Waals surface area (Å²) in [5.41, 5.74) is 3.02. The van der Waals surface area contributed by atoms with Gasteiger partial charge in [-0.3, -0.25) is 0 Å². The van der Waals surface area contributed by atoms with E-state index in [0.29, 0.717) is 24.7 Å². The van der Waals surface area contributed by atoms with Crippen molar-refractivity contribution in [1.82, 2.24) is 4.72 Å². The van der Waals surface area contributed by atoms with Crippen LogP contribution in [0.2, 0.25) is 0 Å². The first kappa shape index (κ1) is 18.1. The summed E-state index contributed by atoms with van der Waals surface area (Å²) in [7, 11) is -3.54. The molecule has 1 saturated heterocycles. The number of sulfonamides is 1. The summed E-state index contributed by atoms with van der Waals surface area (Å²) in [5.74, 6) is 0. The van der Waals surface area contributed by atoms with Crippen molar-refractivity contribution in [2.75, 3.05) is 19.8 Å². The Morgan fingerprint density at radius 3 is 2.32 bits per heavy atom. The van der Waals surface area contributed by atoms with Crippen LogP contribution in [0.5, 0.6) is 0 Å². The lowest BCUT2D eigenvalue weighted by Crippen LogP contribution is -2.44. The highest BCUT2D eigenvalue weighted by Crippen LogP contribution is 2.34. The highest BCUT2D eigenvalue weighted by molar-refractivity contribution is 7.89. The van der Waals surface area contributed by atoms with Gasteiger partial charge in [-0.05, 0) is 55.5 Å². The number of nitrogens with one attached hydrogen (secondary N) is 1. The van der Waals surface area contributed by atoms with Gasteiger partial charge in [-0.2, -0.15) is 0 Å². The Hall–Kier alpha value is -1.69. The van der Waals surface area contributed by atoms with Gasteiger partial charge < -0.3 is 4.74 Å². The molecule has 25 heavy (non-hydrogen) atoms. The summed E-state index contributed by atoms with van der Waals surface area (Å²) in [6.07, 6.45) is 1.62. The maximum Gasteiger partial charge on any atom is 0.240 e. The van der Waals surface area contributed by atoms with Gasteiger partial charge in [0.2, 0.25) is 10.0 Å². The third kappa shape index (κ3) is 3.94. The summed E-state index contributed by atoms with van der Waals surface area (Å²) in [6, 6.07) is 15.4. The van der Waals surface area contributed by atoms with E-state index in [9.17, 15) is 8.42 Å².